The van der Waals surface area contributed by atoms with Gasteiger partial charge in [-0.15, -0.1) is 24.2 Å². The lowest BCUT2D eigenvalue weighted by molar-refractivity contribution is -0.117. The number of thioether (sulfide) groups is 1. The number of hydrogen-bond acceptors (Lipinski definition) is 3. The van der Waals surface area contributed by atoms with Gasteiger partial charge in [0.15, 0.2) is 11.6 Å². The second-order valence-electron chi connectivity index (χ2n) is 3.51. The second kappa shape index (κ2) is 6.31. The van der Waals surface area contributed by atoms with Gasteiger partial charge in [0.1, 0.15) is 5.82 Å². The van der Waals surface area contributed by atoms with Gasteiger partial charge in [0.25, 0.3) is 0 Å². The Bertz CT molecular complexity index is 455. The maximum Gasteiger partial charge on any atom is 0.242 e. The van der Waals surface area contributed by atoms with Crippen LogP contribution >= 0.6 is 24.2 Å². The normalized spacial score (nSPS) is 18.3. The van der Waals surface area contributed by atoms with Crippen LogP contribution in [-0.2, 0) is 4.79 Å². The highest BCUT2D eigenvalue weighted by molar-refractivity contribution is 7.99. The summed E-state index contributed by atoms with van der Waals surface area (Å²) >= 11 is 1.53. The molecule has 0 spiro atoms. The third kappa shape index (κ3) is 3.30. The van der Waals surface area contributed by atoms with E-state index in [-0.39, 0.29) is 18.1 Å². The first-order chi connectivity index (χ1) is 8.08. The van der Waals surface area contributed by atoms with E-state index in [9.17, 15) is 18.0 Å². The van der Waals surface area contributed by atoms with Gasteiger partial charge in [-0.05, 0) is 0 Å². The molecule has 18 heavy (non-hydrogen) atoms. The van der Waals surface area contributed by atoms with Crippen LogP contribution < -0.4 is 10.6 Å². The van der Waals surface area contributed by atoms with Crippen LogP contribution in [0.25, 0.3) is 0 Å². The number of halogens is 4. The minimum Gasteiger partial charge on any atom is -0.322 e. The number of nitrogens with one attached hydrogen (secondary N) is 2. The number of rotatable bonds is 2. The Labute approximate surface area is 112 Å². The highest BCUT2D eigenvalue weighted by Crippen LogP contribution is 2.19. The van der Waals surface area contributed by atoms with Crippen molar-refractivity contribution in [1.82, 2.24) is 5.32 Å². The van der Waals surface area contributed by atoms with Crippen LogP contribution in [0.5, 0.6) is 0 Å². The summed E-state index contributed by atoms with van der Waals surface area (Å²) in [5, 5.41) is 5.11. The van der Waals surface area contributed by atoms with E-state index in [1.807, 2.05) is 0 Å². The summed E-state index contributed by atoms with van der Waals surface area (Å²) in [6.45, 7) is 0. The van der Waals surface area contributed by atoms with E-state index in [1.165, 1.54) is 11.8 Å². The Morgan fingerprint density at radius 1 is 1.28 bits per heavy atom. The fourth-order valence-electron chi connectivity index (χ4n) is 1.40. The number of hydrogen-bond donors (Lipinski definition) is 2. The van der Waals surface area contributed by atoms with Crippen molar-refractivity contribution >= 4 is 35.8 Å². The molecule has 1 fully saturated rings. The fourth-order valence-corrected chi connectivity index (χ4v) is 2.34. The van der Waals surface area contributed by atoms with Crippen LogP contribution in [0.4, 0.5) is 18.9 Å². The maximum atomic E-state index is 13.2. The smallest absolute Gasteiger partial charge is 0.242 e. The molecule has 0 aromatic heterocycles. The summed E-state index contributed by atoms with van der Waals surface area (Å²) in [6.07, 6.45) is 0. The van der Waals surface area contributed by atoms with Crippen molar-refractivity contribution in [2.45, 2.75) is 6.04 Å². The van der Waals surface area contributed by atoms with Crippen molar-refractivity contribution in [3.63, 3.8) is 0 Å². The van der Waals surface area contributed by atoms with E-state index in [0.29, 0.717) is 23.8 Å². The molecule has 8 heteroatoms. The molecule has 100 valence electrons. The van der Waals surface area contributed by atoms with E-state index in [0.717, 1.165) is 0 Å². The molecule has 0 radical (unpaired) electrons. The molecule has 0 saturated carbocycles. The summed E-state index contributed by atoms with van der Waals surface area (Å²) < 4.78 is 38.8. The largest absolute Gasteiger partial charge is 0.322 e. The van der Waals surface area contributed by atoms with Gasteiger partial charge in [0.2, 0.25) is 5.91 Å². The lowest BCUT2D eigenvalue weighted by Crippen LogP contribution is -2.37. The molecule has 0 bridgehead atoms. The van der Waals surface area contributed by atoms with E-state index in [2.05, 4.69) is 10.6 Å². The van der Waals surface area contributed by atoms with Gasteiger partial charge in [-0.2, -0.15) is 0 Å². The summed E-state index contributed by atoms with van der Waals surface area (Å²) in [5.41, 5.74) is -0.354. The average Bonchev–Trinajstić information content (AvgIpc) is 2.79. The number of amides is 1. The third-order valence-corrected chi connectivity index (χ3v) is 3.24. The standard InChI is InChI=1S/C10H9F3N2OS.ClH/c11-5-1-7(13)8(2-6(5)12)15-10(16)9-3-17-4-14-9;/h1-2,9,14H,3-4H2,(H,15,16);1H. The highest BCUT2D eigenvalue weighted by Gasteiger charge is 2.23. The van der Waals surface area contributed by atoms with Crippen molar-refractivity contribution in [3.8, 4) is 0 Å². The van der Waals surface area contributed by atoms with E-state index < -0.39 is 29.4 Å². The molecule has 1 saturated heterocycles. The average molecular weight is 299 g/mol. The van der Waals surface area contributed by atoms with Crippen molar-refractivity contribution in [2.24, 2.45) is 0 Å². The van der Waals surface area contributed by atoms with E-state index in [1.54, 1.807) is 0 Å². The van der Waals surface area contributed by atoms with Crippen LogP contribution in [0.15, 0.2) is 12.1 Å². The van der Waals surface area contributed by atoms with Crippen LogP contribution in [0.2, 0.25) is 0 Å². The minimum absolute atomic E-state index is 0. The molecule has 2 N–H and O–H groups in total. The zero-order valence-electron chi connectivity index (χ0n) is 9.00. The van der Waals surface area contributed by atoms with Crippen LogP contribution in [0.3, 0.4) is 0 Å². The minimum atomic E-state index is -1.28. The molecular weight excluding hydrogens is 289 g/mol. The Balaban J connectivity index is 0.00000162. The highest BCUT2D eigenvalue weighted by atomic mass is 35.5. The Kier molecular flexibility index (Phi) is 5.30. The Morgan fingerprint density at radius 2 is 1.94 bits per heavy atom. The molecule has 1 aromatic rings. The molecule has 1 aliphatic rings. The molecule has 2 rings (SSSR count). The summed E-state index contributed by atoms with van der Waals surface area (Å²) in [5.74, 6) is -2.73. The number of carbonyl (C=O) groups is 1. The first kappa shape index (κ1) is 15.1. The molecule has 1 aromatic carbocycles. The lowest BCUT2D eigenvalue weighted by atomic mass is 10.2. The SMILES string of the molecule is Cl.O=C(Nc1cc(F)c(F)cc1F)C1CSCN1. The first-order valence-electron chi connectivity index (χ1n) is 4.84. The predicted octanol–water partition coefficient (Wildman–Crippen LogP) is 2.13. The monoisotopic (exact) mass is 298 g/mol. The van der Waals surface area contributed by atoms with Gasteiger partial charge < -0.3 is 5.32 Å². The van der Waals surface area contributed by atoms with Crippen molar-refractivity contribution < 1.29 is 18.0 Å². The molecular formula is C10H10ClF3N2OS. The maximum absolute atomic E-state index is 13.2. The molecule has 1 aliphatic heterocycles. The zero-order valence-corrected chi connectivity index (χ0v) is 10.6. The zero-order chi connectivity index (χ0) is 12.4. The number of benzene rings is 1. The molecule has 1 unspecified atom stereocenters. The molecule has 1 amide bonds. The summed E-state index contributed by atoms with van der Waals surface area (Å²) in [4.78, 5) is 11.6. The van der Waals surface area contributed by atoms with Gasteiger partial charge in [0.05, 0.1) is 11.7 Å². The number of anilines is 1. The molecule has 0 aliphatic carbocycles. The Hall–Kier alpha value is -0.920. The van der Waals surface area contributed by atoms with Gasteiger partial charge in [-0.3, -0.25) is 10.1 Å². The Morgan fingerprint density at radius 3 is 2.56 bits per heavy atom. The second-order valence-corrected chi connectivity index (χ2v) is 4.54. The molecule has 3 nitrogen and oxygen atoms in total. The fraction of sp³-hybridized carbons (Fsp3) is 0.300. The van der Waals surface area contributed by atoms with Gasteiger partial charge >= 0.3 is 0 Å². The third-order valence-electron chi connectivity index (χ3n) is 2.30. The van der Waals surface area contributed by atoms with E-state index in [4.69, 9.17) is 0 Å². The first-order valence-corrected chi connectivity index (χ1v) is 6.00. The predicted molar refractivity (Wildman–Crippen MR) is 66.4 cm³/mol. The van der Waals surface area contributed by atoms with Crippen LogP contribution in [0.1, 0.15) is 0 Å². The van der Waals surface area contributed by atoms with Crippen molar-refractivity contribution in [3.05, 3.63) is 29.6 Å². The number of carbonyl (C=O) groups excluding carboxylic acids is 1. The van der Waals surface area contributed by atoms with Crippen LogP contribution in [-0.4, -0.2) is 23.6 Å². The van der Waals surface area contributed by atoms with E-state index >= 15 is 0 Å². The van der Waals surface area contributed by atoms with Crippen LogP contribution in [0, 0.1) is 17.5 Å². The van der Waals surface area contributed by atoms with Crippen molar-refractivity contribution in [2.75, 3.05) is 16.9 Å². The summed E-state index contributed by atoms with van der Waals surface area (Å²) in [6, 6.07) is 0.597. The topological polar surface area (TPSA) is 41.1 Å². The van der Waals surface area contributed by atoms with Crippen molar-refractivity contribution in [1.29, 1.82) is 0 Å². The molecule has 1 atom stereocenters. The summed E-state index contributed by atoms with van der Waals surface area (Å²) in [7, 11) is 0. The van der Waals surface area contributed by atoms with Gasteiger partial charge in [0, 0.05) is 23.8 Å². The van der Waals surface area contributed by atoms with Gasteiger partial charge in [-0.25, -0.2) is 13.2 Å². The quantitative estimate of drug-likeness (QED) is 0.822. The molecule has 1 heterocycles. The van der Waals surface area contributed by atoms with Gasteiger partial charge in [-0.1, -0.05) is 0 Å². The lowest BCUT2D eigenvalue weighted by Gasteiger charge is -2.11.